The standard InChI is InChI=1S/C25H22FN3O3/c1-28-21-4-2-3-5-23(30)25(21)20-9-8-18(12-22(20)28)29-11-10-19(13-24(29)31)32-15-17-7-6-16(26)14-27-17/h6-14H,2-5,15H2,1H3. The van der Waals surface area contributed by atoms with E-state index in [-0.39, 0.29) is 17.9 Å². The fourth-order valence-corrected chi connectivity index (χ4v) is 4.35. The van der Waals surface area contributed by atoms with Gasteiger partial charge in [0, 0.05) is 42.4 Å². The van der Waals surface area contributed by atoms with Gasteiger partial charge >= 0.3 is 0 Å². The molecule has 0 spiro atoms. The SMILES string of the molecule is Cn1c2c(c3ccc(-n4ccc(OCc5ccc(F)cn5)cc4=O)cc31)C(=O)CCCC2. The minimum absolute atomic E-state index is 0.138. The summed E-state index contributed by atoms with van der Waals surface area (Å²) in [7, 11) is 1.98. The number of hydrogen-bond acceptors (Lipinski definition) is 4. The van der Waals surface area contributed by atoms with Crippen molar-refractivity contribution in [3.63, 3.8) is 0 Å². The number of aromatic nitrogens is 3. The summed E-state index contributed by atoms with van der Waals surface area (Å²) in [5, 5.41) is 0.943. The van der Waals surface area contributed by atoms with Crippen LogP contribution in [0.5, 0.6) is 5.75 Å². The highest BCUT2D eigenvalue weighted by Crippen LogP contribution is 2.32. The van der Waals surface area contributed by atoms with Gasteiger partial charge in [-0.05, 0) is 49.6 Å². The second kappa shape index (κ2) is 8.07. The summed E-state index contributed by atoms with van der Waals surface area (Å²) in [4.78, 5) is 29.4. The fraction of sp³-hybridized carbons (Fsp3) is 0.240. The highest BCUT2D eigenvalue weighted by atomic mass is 19.1. The Bertz CT molecular complexity index is 1390. The lowest BCUT2D eigenvalue weighted by Crippen LogP contribution is -2.16. The maximum atomic E-state index is 13.0. The van der Waals surface area contributed by atoms with Crippen molar-refractivity contribution in [2.24, 2.45) is 7.05 Å². The van der Waals surface area contributed by atoms with Crippen molar-refractivity contribution in [1.82, 2.24) is 14.1 Å². The van der Waals surface area contributed by atoms with Crippen LogP contribution >= 0.6 is 0 Å². The van der Waals surface area contributed by atoms with Crippen LogP contribution in [0, 0.1) is 5.82 Å². The molecule has 0 aliphatic heterocycles. The zero-order valence-electron chi connectivity index (χ0n) is 17.7. The van der Waals surface area contributed by atoms with Gasteiger partial charge in [-0.3, -0.25) is 19.1 Å². The van der Waals surface area contributed by atoms with E-state index in [9.17, 15) is 14.0 Å². The smallest absolute Gasteiger partial charge is 0.258 e. The number of fused-ring (bicyclic) bond motifs is 3. The summed E-state index contributed by atoms with van der Waals surface area (Å²) in [5.41, 5.74) is 3.90. The van der Waals surface area contributed by atoms with Gasteiger partial charge in [0.25, 0.3) is 5.56 Å². The minimum atomic E-state index is -0.410. The minimum Gasteiger partial charge on any atom is -0.487 e. The Labute approximate surface area is 183 Å². The monoisotopic (exact) mass is 431 g/mol. The van der Waals surface area contributed by atoms with Crippen molar-refractivity contribution in [1.29, 1.82) is 0 Å². The Balaban J connectivity index is 1.45. The first-order valence-electron chi connectivity index (χ1n) is 10.6. The van der Waals surface area contributed by atoms with Crippen LogP contribution in [0.3, 0.4) is 0 Å². The predicted octanol–water partition coefficient (Wildman–Crippen LogP) is 4.35. The lowest BCUT2D eigenvalue weighted by molar-refractivity contribution is 0.0983. The Morgan fingerprint density at radius 3 is 2.69 bits per heavy atom. The lowest BCUT2D eigenvalue weighted by Gasteiger charge is -2.10. The molecule has 1 aromatic carbocycles. The van der Waals surface area contributed by atoms with Gasteiger partial charge in [0.05, 0.1) is 23.1 Å². The van der Waals surface area contributed by atoms with Crippen molar-refractivity contribution in [3.8, 4) is 11.4 Å². The van der Waals surface area contributed by atoms with E-state index in [1.54, 1.807) is 16.8 Å². The molecule has 0 unspecified atom stereocenters. The number of aryl methyl sites for hydroxylation is 1. The molecule has 1 aliphatic rings. The van der Waals surface area contributed by atoms with E-state index in [0.29, 0.717) is 17.9 Å². The molecule has 0 N–H and O–H groups in total. The molecule has 3 heterocycles. The largest absolute Gasteiger partial charge is 0.487 e. The molecule has 4 aromatic rings. The summed E-state index contributed by atoms with van der Waals surface area (Å²) in [6, 6.07) is 11.7. The second-order valence-electron chi connectivity index (χ2n) is 8.04. The topological polar surface area (TPSA) is 66.1 Å². The number of carbonyl (C=O) groups is 1. The molecule has 7 heteroatoms. The van der Waals surface area contributed by atoms with Crippen molar-refractivity contribution < 1.29 is 13.9 Å². The molecule has 32 heavy (non-hydrogen) atoms. The molecule has 3 aromatic heterocycles. The Kier molecular flexibility index (Phi) is 5.09. The number of pyridine rings is 2. The summed E-state index contributed by atoms with van der Waals surface area (Å²) in [6.45, 7) is 0.138. The van der Waals surface area contributed by atoms with Crippen LogP contribution in [0.2, 0.25) is 0 Å². The number of rotatable bonds is 4. The maximum absolute atomic E-state index is 13.0. The van der Waals surface area contributed by atoms with Gasteiger partial charge in [0.2, 0.25) is 0 Å². The highest BCUT2D eigenvalue weighted by molar-refractivity contribution is 6.10. The lowest BCUT2D eigenvalue weighted by atomic mass is 10.0. The van der Waals surface area contributed by atoms with Crippen LogP contribution in [-0.2, 0) is 20.1 Å². The molecule has 0 radical (unpaired) electrons. The van der Waals surface area contributed by atoms with Gasteiger partial charge in [-0.25, -0.2) is 4.39 Å². The first-order valence-corrected chi connectivity index (χ1v) is 10.6. The molecule has 0 saturated heterocycles. The molecule has 1 aliphatic carbocycles. The molecule has 0 fully saturated rings. The van der Waals surface area contributed by atoms with Crippen LogP contribution in [0.1, 0.15) is 41.0 Å². The molecular formula is C25H22FN3O3. The zero-order valence-corrected chi connectivity index (χ0v) is 17.7. The third-order valence-corrected chi connectivity index (χ3v) is 6.00. The molecule has 0 bridgehead atoms. The number of benzene rings is 1. The number of carbonyl (C=O) groups excluding carboxylic acids is 1. The molecule has 0 atom stereocenters. The number of halogens is 1. The van der Waals surface area contributed by atoms with Crippen LogP contribution in [0.15, 0.2) is 59.7 Å². The Morgan fingerprint density at radius 1 is 1.06 bits per heavy atom. The molecule has 0 saturated carbocycles. The first-order chi connectivity index (χ1) is 15.5. The molecule has 0 amide bonds. The summed E-state index contributed by atoms with van der Waals surface area (Å²) >= 11 is 0. The number of ether oxygens (including phenoxy) is 1. The van der Waals surface area contributed by atoms with E-state index in [1.165, 1.54) is 18.2 Å². The normalized spacial score (nSPS) is 13.8. The molecule has 162 valence electrons. The van der Waals surface area contributed by atoms with Gasteiger partial charge in [0.1, 0.15) is 18.2 Å². The molecular weight excluding hydrogens is 409 g/mol. The van der Waals surface area contributed by atoms with Gasteiger partial charge in [-0.15, -0.1) is 0 Å². The van der Waals surface area contributed by atoms with Crippen molar-refractivity contribution >= 4 is 16.7 Å². The van der Waals surface area contributed by atoms with Crippen molar-refractivity contribution in [2.45, 2.75) is 32.3 Å². The van der Waals surface area contributed by atoms with Crippen LogP contribution in [0.4, 0.5) is 4.39 Å². The quantitative estimate of drug-likeness (QED) is 0.451. The van der Waals surface area contributed by atoms with Crippen molar-refractivity contribution in [2.75, 3.05) is 0 Å². The van der Waals surface area contributed by atoms with E-state index in [1.807, 2.05) is 25.2 Å². The van der Waals surface area contributed by atoms with Crippen LogP contribution in [-0.4, -0.2) is 19.9 Å². The number of ketones is 1. The fourth-order valence-electron chi connectivity index (χ4n) is 4.35. The van der Waals surface area contributed by atoms with Gasteiger partial charge in [0.15, 0.2) is 5.78 Å². The maximum Gasteiger partial charge on any atom is 0.258 e. The number of Topliss-reactive ketones (excluding diaryl/α,β-unsaturated/α-hetero) is 1. The molecule has 6 nitrogen and oxygen atoms in total. The Hall–Kier alpha value is -3.74. The van der Waals surface area contributed by atoms with E-state index in [4.69, 9.17) is 4.74 Å². The summed E-state index contributed by atoms with van der Waals surface area (Å²) in [6.07, 6.45) is 6.19. The van der Waals surface area contributed by atoms with E-state index in [0.717, 1.165) is 53.3 Å². The average Bonchev–Trinajstić information content (AvgIpc) is 2.93. The average molecular weight is 431 g/mol. The summed E-state index contributed by atoms with van der Waals surface area (Å²) in [5.74, 6) is 0.201. The van der Waals surface area contributed by atoms with Gasteiger partial charge < -0.3 is 9.30 Å². The van der Waals surface area contributed by atoms with Gasteiger partial charge in [-0.2, -0.15) is 0 Å². The summed E-state index contributed by atoms with van der Waals surface area (Å²) < 4.78 is 22.2. The van der Waals surface area contributed by atoms with Crippen LogP contribution in [0.25, 0.3) is 16.6 Å². The first kappa shape index (κ1) is 20.2. The molecule has 5 rings (SSSR count). The predicted molar refractivity (Wildman–Crippen MR) is 119 cm³/mol. The number of nitrogens with zero attached hydrogens (tertiary/aromatic N) is 3. The third-order valence-electron chi connectivity index (χ3n) is 6.00. The van der Waals surface area contributed by atoms with Gasteiger partial charge in [-0.1, -0.05) is 6.07 Å². The zero-order chi connectivity index (χ0) is 22.2. The highest BCUT2D eigenvalue weighted by Gasteiger charge is 2.23. The number of hydrogen-bond donors (Lipinski definition) is 0. The second-order valence-corrected chi connectivity index (χ2v) is 8.04. The Morgan fingerprint density at radius 2 is 1.91 bits per heavy atom. The third kappa shape index (κ3) is 3.60. The van der Waals surface area contributed by atoms with E-state index in [2.05, 4.69) is 9.55 Å². The van der Waals surface area contributed by atoms with Crippen LogP contribution < -0.4 is 10.3 Å². The van der Waals surface area contributed by atoms with E-state index >= 15 is 0 Å². The van der Waals surface area contributed by atoms with E-state index < -0.39 is 5.82 Å². The van der Waals surface area contributed by atoms with Crippen molar-refractivity contribution in [3.05, 3.63) is 88.0 Å².